The number of H-pyrrole nitrogens is 1. The third-order valence-electron chi connectivity index (χ3n) is 3.93. The van der Waals surface area contributed by atoms with E-state index in [1.807, 2.05) is 45.0 Å². The second-order valence-electron chi connectivity index (χ2n) is 8.07. The van der Waals surface area contributed by atoms with Gasteiger partial charge in [-0.1, -0.05) is 32.9 Å². The molecule has 1 aliphatic rings. The van der Waals surface area contributed by atoms with Crippen LogP contribution in [0.2, 0.25) is 0 Å². The summed E-state index contributed by atoms with van der Waals surface area (Å²) in [6, 6.07) is 7.60. The van der Waals surface area contributed by atoms with E-state index >= 15 is 0 Å². The molecule has 0 amide bonds. The van der Waals surface area contributed by atoms with Crippen molar-refractivity contribution in [2.75, 3.05) is 16.8 Å². The molecule has 0 bridgehead atoms. The van der Waals surface area contributed by atoms with E-state index in [0.717, 1.165) is 11.5 Å². The maximum absolute atomic E-state index is 12.1. The molecule has 1 fully saturated rings. The fourth-order valence-corrected chi connectivity index (χ4v) is 4.61. The van der Waals surface area contributed by atoms with Gasteiger partial charge in [0.25, 0.3) is 0 Å². The average molecular weight is 375 g/mol. The standard InChI is InChI=1S/C19H26N4O2S/c1-19(2,3)13-26(24,25)11-5-7-15-6-4-8-17(20-15)21-18-12-16(22-23-18)14-9-10-14/h4-8,12,14H,9-11,13H2,1-3H3,(H2,20,21,22,23)/b7-5+. The molecule has 140 valence electrons. The molecule has 0 saturated heterocycles. The highest BCUT2D eigenvalue weighted by atomic mass is 32.2. The maximum atomic E-state index is 12.1. The van der Waals surface area contributed by atoms with E-state index in [1.54, 1.807) is 12.2 Å². The van der Waals surface area contributed by atoms with Gasteiger partial charge in [-0.15, -0.1) is 0 Å². The predicted octanol–water partition coefficient (Wildman–Crippen LogP) is 3.90. The second-order valence-corrected chi connectivity index (χ2v) is 10.2. The van der Waals surface area contributed by atoms with E-state index in [1.165, 1.54) is 12.8 Å². The molecule has 1 aliphatic carbocycles. The van der Waals surface area contributed by atoms with Crippen LogP contribution in [0.15, 0.2) is 30.3 Å². The summed E-state index contributed by atoms with van der Waals surface area (Å²) >= 11 is 0. The van der Waals surface area contributed by atoms with Gasteiger partial charge in [0, 0.05) is 17.7 Å². The lowest BCUT2D eigenvalue weighted by molar-refractivity contribution is 0.462. The maximum Gasteiger partial charge on any atom is 0.154 e. The summed E-state index contributed by atoms with van der Waals surface area (Å²) < 4.78 is 24.2. The van der Waals surface area contributed by atoms with Gasteiger partial charge in [0.05, 0.1) is 17.2 Å². The topological polar surface area (TPSA) is 87.7 Å². The third-order valence-corrected chi connectivity index (χ3v) is 5.94. The van der Waals surface area contributed by atoms with Crippen LogP contribution in [0.4, 0.5) is 11.6 Å². The molecule has 0 spiro atoms. The minimum absolute atomic E-state index is 0.0215. The second kappa shape index (κ2) is 7.23. The van der Waals surface area contributed by atoms with Crippen molar-refractivity contribution in [3.05, 3.63) is 41.7 Å². The molecule has 1 saturated carbocycles. The molecule has 2 heterocycles. The summed E-state index contributed by atoms with van der Waals surface area (Å²) in [5.41, 5.74) is 1.63. The Morgan fingerprint density at radius 2 is 2.04 bits per heavy atom. The highest BCUT2D eigenvalue weighted by Gasteiger charge is 2.25. The smallest absolute Gasteiger partial charge is 0.154 e. The van der Waals surface area contributed by atoms with Crippen LogP contribution in [0.5, 0.6) is 0 Å². The van der Waals surface area contributed by atoms with Crippen LogP contribution in [-0.2, 0) is 9.84 Å². The first-order valence-electron chi connectivity index (χ1n) is 8.87. The monoisotopic (exact) mass is 374 g/mol. The van der Waals surface area contributed by atoms with E-state index in [4.69, 9.17) is 0 Å². The molecule has 2 N–H and O–H groups in total. The highest BCUT2D eigenvalue weighted by molar-refractivity contribution is 7.91. The van der Waals surface area contributed by atoms with Crippen molar-refractivity contribution in [2.24, 2.45) is 5.41 Å². The van der Waals surface area contributed by atoms with Gasteiger partial charge in [-0.05, 0) is 36.5 Å². The lowest BCUT2D eigenvalue weighted by Crippen LogP contribution is -2.22. The molecule has 3 rings (SSSR count). The number of aromatic nitrogens is 3. The number of sulfone groups is 1. The third kappa shape index (κ3) is 5.69. The number of aromatic amines is 1. The molecule has 2 aromatic rings. The lowest BCUT2D eigenvalue weighted by Gasteiger charge is -2.17. The molecule has 0 aliphatic heterocycles. The Morgan fingerprint density at radius 1 is 1.27 bits per heavy atom. The zero-order chi connectivity index (χ0) is 18.8. The minimum atomic E-state index is -3.11. The van der Waals surface area contributed by atoms with Crippen LogP contribution < -0.4 is 5.32 Å². The fraction of sp³-hybridized carbons (Fsp3) is 0.474. The molecule has 0 aromatic carbocycles. The van der Waals surface area contributed by atoms with Crippen molar-refractivity contribution in [2.45, 2.75) is 39.5 Å². The zero-order valence-corrected chi connectivity index (χ0v) is 16.3. The number of nitrogens with zero attached hydrogens (tertiary/aromatic N) is 2. The van der Waals surface area contributed by atoms with Gasteiger partial charge in [-0.2, -0.15) is 5.10 Å². The summed E-state index contributed by atoms with van der Waals surface area (Å²) in [4.78, 5) is 4.49. The number of rotatable bonds is 7. The van der Waals surface area contributed by atoms with Gasteiger partial charge in [0.15, 0.2) is 15.7 Å². The van der Waals surface area contributed by atoms with Crippen molar-refractivity contribution < 1.29 is 8.42 Å². The van der Waals surface area contributed by atoms with Crippen molar-refractivity contribution in [3.8, 4) is 0 Å². The normalized spacial score (nSPS) is 15.5. The first-order valence-corrected chi connectivity index (χ1v) is 10.7. The zero-order valence-electron chi connectivity index (χ0n) is 15.5. The SMILES string of the molecule is CC(C)(C)CS(=O)(=O)C/C=C/c1cccc(Nc2cc(C3CC3)[nH]n2)n1. The molecule has 2 aromatic heterocycles. The Balaban J connectivity index is 1.61. The number of anilines is 2. The van der Waals surface area contributed by atoms with Gasteiger partial charge >= 0.3 is 0 Å². The summed E-state index contributed by atoms with van der Waals surface area (Å²) in [6.45, 7) is 5.78. The van der Waals surface area contributed by atoms with Crippen molar-refractivity contribution in [1.82, 2.24) is 15.2 Å². The lowest BCUT2D eigenvalue weighted by atomic mass is 10.0. The first kappa shape index (κ1) is 18.6. The number of hydrogen-bond acceptors (Lipinski definition) is 5. The van der Waals surface area contributed by atoms with E-state index < -0.39 is 9.84 Å². The van der Waals surface area contributed by atoms with Gasteiger partial charge in [-0.25, -0.2) is 13.4 Å². The molecule has 26 heavy (non-hydrogen) atoms. The molecule has 0 radical (unpaired) electrons. The van der Waals surface area contributed by atoms with Crippen LogP contribution in [0.1, 0.15) is 50.9 Å². The fourth-order valence-electron chi connectivity index (χ4n) is 2.78. The van der Waals surface area contributed by atoms with Crippen LogP contribution in [0.3, 0.4) is 0 Å². The average Bonchev–Trinajstić information content (AvgIpc) is 3.26. The Kier molecular flexibility index (Phi) is 5.18. The summed E-state index contributed by atoms with van der Waals surface area (Å²) in [5, 5.41) is 10.5. The molecular weight excluding hydrogens is 348 g/mol. The van der Waals surface area contributed by atoms with Crippen LogP contribution in [0.25, 0.3) is 6.08 Å². The van der Waals surface area contributed by atoms with Gasteiger partial charge < -0.3 is 5.32 Å². The number of hydrogen-bond donors (Lipinski definition) is 2. The Bertz CT molecular complexity index is 890. The Hall–Kier alpha value is -2.15. The van der Waals surface area contributed by atoms with Crippen molar-refractivity contribution >= 4 is 27.5 Å². The Labute approximate surface area is 155 Å². The van der Waals surface area contributed by atoms with Crippen molar-refractivity contribution in [1.29, 1.82) is 0 Å². The van der Waals surface area contributed by atoms with E-state index in [2.05, 4.69) is 20.5 Å². The largest absolute Gasteiger partial charge is 0.323 e. The van der Waals surface area contributed by atoms with Gasteiger partial charge in [0.1, 0.15) is 5.82 Å². The molecule has 0 unspecified atom stereocenters. The van der Waals surface area contributed by atoms with Crippen LogP contribution in [0, 0.1) is 5.41 Å². The van der Waals surface area contributed by atoms with Crippen molar-refractivity contribution in [3.63, 3.8) is 0 Å². The summed E-state index contributed by atoms with van der Waals surface area (Å²) in [5.74, 6) is 2.23. The number of pyridine rings is 1. The minimum Gasteiger partial charge on any atom is -0.323 e. The summed E-state index contributed by atoms with van der Waals surface area (Å²) in [6.07, 6.45) is 5.84. The van der Waals surface area contributed by atoms with Crippen LogP contribution in [-0.4, -0.2) is 35.1 Å². The highest BCUT2D eigenvalue weighted by Crippen LogP contribution is 2.39. The summed E-state index contributed by atoms with van der Waals surface area (Å²) in [7, 11) is -3.11. The predicted molar refractivity (Wildman–Crippen MR) is 105 cm³/mol. The number of nitrogens with one attached hydrogen (secondary N) is 2. The molecule has 0 atom stereocenters. The molecular formula is C19H26N4O2S. The quantitative estimate of drug-likeness (QED) is 0.767. The van der Waals surface area contributed by atoms with Gasteiger partial charge in [0.2, 0.25) is 0 Å². The van der Waals surface area contributed by atoms with Gasteiger partial charge in [-0.3, -0.25) is 5.10 Å². The van der Waals surface area contributed by atoms with E-state index in [9.17, 15) is 8.42 Å². The molecule has 7 heteroatoms. The van der Waals surface area contributed by atoms with E-state index in [-0.39, 0.29) is 16.9 Å². The Morgan fingerprint density at radius 3 is 2.73 bits per heavy atom. The van der Waals surface area contributed by atoms with Crippen LogP contribution >= 0.6 is 0 Å². The van der Waals surface area contributed by atoms with E-state index in [0.29, 0.717) is 17.4 Å². The molecule has 6 nitrogen and oxygen atoms in total. The first-order chi connectivity index (χ1) is 12.2.